The summed E-state index contributed by atoms with van der Waals surface area (Å²) in [6.45, 7) is 5.22. The summed E-state index contributed by atoms with van der Waals surface area (Å²) in [5.41, 5.74) is 1.51. The molecule has 0 saturated carbocycles. The predicted octanol–water partition coefficient (Wildman–Crippen LogP) is 1.07. The van der Waals surface area contributed by atoms with Gasteiger partial charge in [0.1, 0.15) is 6.29 Å². The fourth-order valence-corrected chi connectivity index (χ4v) is 1.34. The predicted molar refractivity (Wildman–Crippen MR) is 66.4 cm³/mol. The first-order valence-corrected chi connectivity index (χ1v) is 5.61. The maximum Gasteiger partial charge on any atom is 0.491 e. The van der Waals surface area contributed by atoms with Crippen LogP contribution in [0.5, 0.6) is 0 Å². The number of hydrogen-bond acceptors (Lipinski definition) is 4. The molecule has 0 spiro atoms. The van der Waals surface area contributed by atoms with Crippen LogP contribution in [0.1, 0.15) is 12.8 Å². The van der Waals surface area contributed by atoms with Crippen LogP contribution in [0.15, 0.2) is 35.9 Å². The van der Waals surface area contributed by atoms with Crippen LogP contribution in [-0.4, -0.2) is 38.2 Å². The van der Waals surface area contributed by atoms with Gasteiger partial charge in [0, 0.05) is 13.0 Å². The molecule has 0 aromatic carbocycles. The van der Waals surface area contributed by atoms with Crippen molar-refractivity contribution in [1.82, 2.24) is 0 Å². The highest BCUT2D eigenvalue weighted by Crippen LogP contribution is 2.19. The van der Waals surface area contributed by atoms with Gasteiger partial charge in [0.25, 0.3) is 0 Å². The quantitative estimate of drug-likeness (QED) is 0.408. The maximum absolute atomic E-state index is 10.0. The van der Waals surface area contributed by atoms with Crippen molar-refractivity contribution in [3.8, 4) is 0 Å². The summed E-state index contributed by atoms with van der Waals surface area (Å²) in [4.78, 5) is 10.0. The van der Waals surface area contributed by atoms with Gasteiger partial charge in [0.05, 0.1) is 13.2 Å². The number of carbonyl (C=O) groups excluding carboxylic acids is 1. The molecule has 4 nitrogen and oxygen atoms in total. The summed E-state index contributed by atoms with van der Waals surface area (Å²) >= 11 is 0. The van der Waals surface area contributed by atoms with Crippen molar-refractivity contribution in [2.75, 3.05) is 19.8 Å². The molecule has 0 unspecified atom stereocenters. The second kappa shape index (κ2) is 8.00. The molecular formula is C12H17BO4. The van der Waals surface area contributed by atoms with Gasteiger partial charge in [0.2, 0.25) is 0 Å². The normalized spacial score (nSPS) is 18.5. The molecule has 0 amide bonds. The Balaban J connectivity index is 2.15. The molecule has 1 aliphatic heterocycles. The van der Waals surface area contributed by atoms with E-state index in [4.69, 9.17) is 9.39 Å². The molecule has 0 bridgehead atoms. The molecule has 1 saturated heterocycles. The highest BCUT2D eigenvalue weighted by atomic mass is 16.5. The SMILES string of the molecule is C=C1B(O)OC/C1=C/C=C\COCCCC=O. The van der Waals surface area contributed by atoms with Crippen molar-refractivity contribution in [1.29, 1.82) is 0 Å². The number of aldehydes is 1. The molecule has 5 heteroatoms. The molecule has 1 rings (SSSR count). The Kier molecular flexibility index (Phi) is 6.54. The Hall–Kier alpha value is -1.17. The first-order chi connectivity index (χ1) is 8.25. The molecule has 1 aliphatic rings. The van der Waals surface area contributed by atoms with Crippen LogP contribution in [-0.2, 0) is 14.2 Å². The van der Waals surface area contributed by atoms with Crippen LogP contribution in [0.2, 0.25) is 0 Å². The molecule has 17 heavy (non-hydrogen) atoms. The number of carbonyl (C=O) groups is 1. The minimum atomic E-state index is -0.866. The van der Waals surface area contributed by atoms with E-state index in [1.165, 1.54) is 0 Å². The summed E-state index contributed by atoms with van der Waals surface area (Å²) in [6.07, 6.45) is 7.76. The van der Waals surface area contributed by atoms with Gasteiger partial charge in [-0.05, 0) is 17.5 Å². The number of hydrogen-bond donors (Lipinski definition) is 1. The summed E-state index contributed by atoms with van der Waals surface area (Å²) in [7, 11) is -0.866. The van der Waals surface area contributed by atoms with Gasteiger partial charge in [0.15, 0.2) is 0 Å². The summed E-state index contributed by atoms with van der Waals surface area (Å²) in [6, 6.07) is 0. The third kappa shape index (κ3) is 5.13. The van der Waals surface area contributed by atoms with E-state index in [0.29, 0.717) is 31.7 Å². The molecule has 1 N–H and O–H groups in total. The lowest BCUT2D eigenvalue weighted by molar-refractivity contribution is -0.108. The Morgan fingerprint density at radius 2 is 2.41 bits per heavy atom. The van der Waals surface area contributed by atoms with Crippen LogP contribution >= 0.6 is 0 Å². The van der Waals surface area contributed by atoms with Crippen LogP contribution in [0, 0.1) is 0 Å². The van der Waals surface area contributed by atoms with Crippen molar-refractivity contribution >= 4 is 13.4 Å². The molecular weight excluding hydrogens is 219 g/mol. The van der Waals surface area contributed by atoms with E-state index in [-0.39, 0.29) is 0 Å². The van der Waals surface area contributed by atoms with Crippen molar-refractivity contribution in [3.05, 3.63) is 35.9 Å². The average molecular weight is 236 g/mol. The zero-order chi connectivity index (χ0) is 12.5. The molecule has 1 heterocycles. The summed E-state index contributed by atoms with van der Waals surface area (Å²) < 4.78 is 10.3. The first-order valence-electron chi connectivity index (χ1n) is 5.61. The van der Waals surface area contributed by atoms with Gasteiger partial charge in [-0.2, -0.15) is 0 Å². The summed E-state index contributed by atoms with van der Waals surface area (Å²) in [5, 5.41) is 9.25. The minimum Gasteiger partial charge on any atom is -0.423 e. The molecule has 0 radical (unpaired) electrons. The second-order valence-electron chi connectivity index (χ2n) is 3.69. The number of rotatable bonds is 7. The Morgan fingerprint density at radius 3 is 3.06 bits per heavy atom. The van der Waals surface area contributed by atoms with E-state index in [2.05, 4.69) is 6.58 Å². The monoisotopic (exact) mass is 236 g/mol. The van der Waals surface area contributed by atoms with E-state index < -0.39 is 7.12 Å². The first kappa shape index (κ1) is 13.9. The largest absolute Gasteiger partial charge is 0.491 e. The van der Waals surface area contributed by atoms with Gasteiger partial charge in [-0.25, -0.2) is 0 Å². The molecule has 1 fully saturated rings. The lowest BCUT2D eigenvalue weighted by atomic mass is 9.79. The van der Waals surface area contributed by atoms with Crippen molar-refractivity contribution < 1.29 is 19.2 Å². The van der Waals surface area contributed by atoms with Gasteiger partial charge < -0.3 is 19.2 Å². The number of unbranched alkanes of at least 4 members (excludes halogenated alkanes) is 1. The summed E-state index contributed by atoms with van der Waals surface area (Å²) in [5.74, 6) is 0. The molecule has 0 aliphatic carbocycles. The molecule has 0 aromatic heterocycles. The lowest BCUT2D eigenvalue weighted by Gasteiger charge is -1.97. The number of ether oxygens (including phenoxy) is 1. The van der Waals surface area contributed by atoms with E-state index in [1.54, 1.807) is 0 Å². The Labute approximate surface area is 102 Å². The van der Waals surface area contributed by atoms with Gasteiger partial charge in [-0.15, -0.1) is 0 Å². The van der Waals surface area contributed by atoms with E-state index in [1.807, 2.05) is 18.2 Å². The maximum atomic E-state index is 10.0. The van der Waals surface area contributed by atoms with Gasteiger partial charge in [-0.1, -0.05) is 24.8 Å². The van der Waals surface area contributed by atoms with Crippen LogP contribution in [0.4, 0.5) is 0 Å². The highest BCUT2D eigenvalue weighted by Gasteiger charge is 2.27. The lowest BCUT2D eigenvalue weighted by Crippen LogP contribution is -2.11. The third-order valence-corrected chi connectivity index (χ3v) is 2.37. The smallest absolute Gasteiger partial charge is 0.423 e. The van der Waals surface area contributed by atoms with E-state index in [0.717, 1.165) is 18.3 Å². The Morgan fingerprint density at radius 1 is 1.59 bits per heavy atom. The topological polar surface area (TPSA) is 55.8 Å². The van der Waals surface area contributed by atoms with Crippen molar-refractivity contribution in [2.45, 2.75) is 12.8 Å². The average Bonchev–Trinajstić information content (AvgIpc) is 2.64. The fraction of sp³-hybridized carbons (Fsp3) is 0.417. The standard InChI is InChI=1S/C12H17BO4/c1-11-12(10-17-13(11)15)6-2-4-8-16-9-5-3-7-14/h2,4,6-7,15H,1,3,5,8-10H2/b4-2-,12-6-. The van der Waals surface area contributed by atoms with E-state index >= 15 is 0 Å². The third-order valence-electron chi connectivity index (χ3n) is 2.37. The van der Waals surface area contributed by atoms with Crippen molar-refractivity contribution in [2.24, 2.45) is 0 Å². The molecule has 0 aromatic rings. The Bertz CT molecular complexity index is 322. The van der Waals surface area contributed by atoms with E-state index in [9.17, 15) is 9.82 Å². The zero-order valence-electron chi connectivity index (χ0n) is 9.80. The van der Waals surface area contributed by atoms with Crippen molar-refractivity contribution in [3.63, 3.8) is 0 Å². The zero-order valence-corrected chi connectivity index (χ0v) is 9.80. The second-order valence-corrected chi connectivity index (χ2v) is 3.69. The fourth-order valence-electron chi connectivity index (χ4n) is 1.34. The molecule has 0 atom stereocenters. The highest BCUT2D eigenvalue weighted by molar-refractivity contribution is 6.54. The van der Waals surface area contributed by atoms with Crippen LogP contribution in [0.25, 0.3) is 0 Å². The number of allylic oxidation sites excluding steroid dienone is 2. The minimum absolute atomic E-state index is 0.393. The molecule has 92 valence electrons. The van der Waals surface area contributed by atoms with Gasteiger partial charge in [-0.3, -0.25) is 0 Å². The van der Waals surface area contributed by atoms with Crippen LogP contribution in [0.3, 0.4) is 0 Å². The van der Waals surface area contributed by atoms with Crippen LogP contribution < -0.4 is 0 Å². The van der Waals surface area contributed by atoms with Gasteiger partial charge >= 0.3 is 7.12 Å².